The molecular formula is C53H92O15P2. The first-order chi connectivity index (χ1) is 33.8. The molecule has 0 aromatic carbocycles. The molecule has 0 saturated heterocycles. The average molecular weight is 1030 g/mol. The first kappa shape index (κ1) is 67.2. The first-order valence-corrected chi connectivity index (χ1v) is 29.0. The highest BCUT2D eigenvalue weighted by Crippen LogP contribution is 2.45. The molecule has 70 heavy (non-hydrogen) atoms. The third-order valence-electron chi connectivity index (χ3n) is 10.6. The zero-order valence-electron chi connectivity index (χ0n) is 42.7. The zero-order valence-corrected chi connectivity index (χ0v) is 44.4. The van der Waals surface area contributed by atoms with E-state index < -0.39 is 85.5 Å². The Morgan fingerprint density at radius 2 is 0.657 bits per heavy atom. The summed E-state index contributed by atoms with van der Waals surface area (Å²) < 4.78 is 53.1. The quantitative estimate of drug-likeness (QED) is 0.0165. The molecule has 0 fully saturated rings. The predicted octanol–water partition coefficient (Wildman–Crippen LogP) is 12.5. The molecule has 0 spiro atoms. The van der Waals surface area contributed by atoms with Gasteiger partial charge in [0.15, 0.2) is 0 Å². The highest BCUT2D eigenvalue weighted by Gasteiger charge is 2.28. The van der Waals surface area contributed by atoms with Crippen molar-refractivity contribution in [3.05, 3.63) is 85.1 Å². The van der Waals surface area contributed by atoms with Gasteiger partial charge in [0.1, 0.15) is 31.5 Å². The minimum Gasteiger partial charge on any atom is -0.463 e. The Morgan fingerprint density at radius 3 is 0.986 bits per heavy atom. The highest BCUT2D eigenvalue weighted by atomic mass is 31.2. The molecule has 5 N–H and O–H groups in total. The van der Waals surface area contributed by atoms with Crippen LogP contribution in [0.4, 0.5) is 0 Å². The van der Waals surface area contributed by atoms with Crippen LogP contribution in [0, 0.1) is 0 Å². The Labute approximate surface area is 421 Å². The van der Waals surface area contributed by atoms with Gasteiger partial charge in [-0.15, -0.1) is 0 Å². The van der Waals surface area contributed by atoms with E-state index in [1.807, 2.05) is 79.0 Å². The summed E-state index contributed by atoms with van der Waals surface area (Å²) >= 11 is 0. The van der Waals surface area contributed by atoms with Gasteiger partial charge in [-0.1, -0.05) is 221 Å². The average Bonchev–Trinajstić information content (AvgIpc) is 3.34. The summed E-state index contributed by atoms with van der Waals surface area (Å²) in [4.78, 5) is 43.9. The predicted molar refractivity (Wildman–Crippen MR) is 279 cm³/mol. The van der Waals surface area contributed by atoms with E-state index in [0.29, 0.717) is 12.8 Å². The summed E-state index contributed by atoms with van der Waals surface area (Å²) in [6, 6.07) is 0. The van der Waals surface area contributed by atoms with Gasteiger partial charge in [-0.25, -0.2) is 9.13 Å². The maximum atomic E-state index is 12.2. The molecule has 0 aliphatic rings. The van der Waals surface area contributed by atoms with Gasteiger partial charge in [0.2, 0.25) is 0 Å². The molecule has 0 bridgehead atoms. The van der Waals surface area contributed by atoms with E-state index in [-0.39, 0.29) is 12.8 Å². The van der Waals surface area contributed by atoms with Crippen molar-refractivity contribution in [1.82, 2.24) is 0 Å². The molecule has 0 saturated carbocycles. The molecule has 0 aliphatic heterocycles. The Hall–Kier alpha value is -2.78. The van der Waals surface area contributed by atoms with Crippen molar-refractivity contribution < 1.29 is 71.4 Å². The van der Waals surface area contributed by atoms with Crippen LogP contribution in [0.2, 0.25) is 0 Å². The van der Waals surface area contributed by atoms with Crippen molar-refractivity contribution in [2.45, 2.75) is 199 Å². The van der Waals surface area contributed by atoms with Gasteiger partial charge in [0, 0.05) is 12.8 Å². The topological polar surface area (TPSA) is 225 Å². The van der Waals surface area contributed by atoms with Gasteiger partial charge in [-0.05, 0) is 32.1 Å². The second kappa shape index (κ2) is 48.5. The molecule has 0 amide bonds. The van der Waals surface area contributed by atoms with Crippen LogP contribution in [0.5, 0.6) is 0 Å². The maximum absolute atomic E-state index is 12.2. The Kier molecular flexibility index (Phi) is 46.6. The lowest BCUT2D eigenvalue weighted by molar-refractivity contribution is -0.148. The number of unbranched alkanes of at least 4 members (excludes halogenated alkanes) is 21. The molecule has 0 aromatic rings. The van der Waals surface area contributed by atoms with Crippen LogP contribution >= 0.6 is 15.6 Å². The minimum absolute atomic E-state index is 0.139. The van der Waals surface area contributed by atoms with E-state index >= 15 is 0 Å². The van der Waals surface area contributed by atoms with Gasteiger partial charge in [-0.3, -0.25) is 27.7 Å². The molecule has 0 aromatic heterocycles. The van der Waals surface area contributed by atoms with Crippen molar-refractivity contribution in [3.63, 3.8) is 0 Å². The largest absolute Gasteiger partial charge is 0.472 e. The second-order valence-corrected chi connectivity index (χ2v) is 20.3. The molecule has 0 radical (unpaired) electrons. The molecule has 5 unspecified atom stereocenters. The lowest BCUT2D eigenvalue weighted by Crippen LogP contribution is -2.25. The summed E-state index contributed by atoms with van der Waals surface area (Å²) in [5.41, 5.74) is 0. The standard InChI is InChI=1S/C53H92O15P2/c1-3-5-7-9-11-13-15-17-19-21-23-25-27-29-31-33-35-37-39-41-52(57)63-43-49(54)45-65-69(59,60)67-47-51(56)48-68-70(61,62)66-46-50(55)44-64-53(58)42-40-38-36-34-32-30-28-26-24-22-20-18-16-14-12-10-8-6-4-2/h5,7,9,11,13,15,17,19,21,23,25,27,29,31,49-51,54-56H,3-4,6,8,10,12,14,16,18,20,22,24,26,28,30,32-48H2,1-2H3,(H,59,60)(H,61,62)/b7-5+,11-9+,15-13-,19-17+,23-21+,27-25+,31-29+. The van der Waals surface area contributed by atoms with Crippen LogP contribution < -0.4 is 0 Å². The third kappa shape index (κ3) is 50.2. The fraction of sp³-hybridized carbons (Fsp3) is 0.698. The molecule has 17 heteroatoms. The van der Waals surface area contributed by atoms with Gasteiger partial charge >= 0.3 is 27.6 Å². The third-order valence-corrected chi connectivity index (χ3v) is 12.5. The van der Waals surface area contributed by atoms with Gasteiger partial charge in [0.05, 0.1) is 26.4 Å². The lowest BCUT2D eigenvalue weighted by atomic mass is 10.0. The Balaban J connectivity index is 3.91. The normalized spacial score (nSPS) is 15.6. The van der Waals surface area contributed by atoms with E-state index in [1.54, 1.807) is 0 Å². The van der Waals surface area contributed by atoms with Crippen molar-refractivity contribution >= 4 is 27.6 Å². The fourth-order valence-electron chi connectivity index (χ4n) is 6.55. The van der Waals surface area contributed by atoms with Crippen molar-refractivity contribution in [3.8, 4) is 0 Å². The van der Waals surface area contributed by atoms with E-state index in [1.165, 1.54) is 96.3 Å². The van der Waals surface area contributed by atoms with Crippen LogP contribution in [-0.4, -0.2) is 95.0 Å². The van der Waals surface area contributed by atoms with Crippen LogP contribution in [0.1, 0.15) is 181 Å². The second-order valence-electron chi connectivity index (χ2n) is 17.4. The van der Waals surface area contributed by atoms with Crippen molar-refractivity contribution in [2.24, 2.45) is 0 Å². The number of hydrogen-bond donors (Lipinski definition) is 5. The number of phosphoric ester groups is 2. The highest BCUT2D eigenvalue weighted by molar-refractivity contribution is 7.47. The fourth-order valence-corrected chi connectivity index (χ4v) is 8.14. The van der Waals surface area contributed by atoms with Crippen molar-refractivity contribution in [1.29, 1.82) is 0 Å². The maximum Gasteiger partial charge on any atom is 0.472 e. The summed E-state index contributed by atoms with van der Waals surface area (Å²) in [6.45, 7) is 0.230. The summed E-state index contributed by atoms with van der Waals surface area (Å²) in [6.07, 6.45) is 51.4. The van der Waals surface area contributed by atoms with Crippen molar-refractivity contribution in [2.75, 3.05) is 39.6 Å². The van der Waals surface area contributed by atoms with E-state index in [2.05, 4.69) is 33.5 Å². The summed E-state index contributed by atoms with van der Waals surface area (Å²) in [5.74, 6) is -1.04. The SMILES string of the molecule is CC/C=C/C=C/C=C\C=C\C=C\C=C\C=C\CCCCCC(=O)OCC(O)COP(=O)(O)OCC(O)COP(=O)(O)OCC(O)COC(=O)CCCCCCCCCCCCCCCCCCCCC. The minimum atomic E-state index is -4.80. The number of carbonyl (C=O) groups is 2. The number of hydrogen-bond acceptors (Lipinski definition) is 13. The van der Waals surface area contributed by atoms with E-state index in [9.17, 15) is 43.8 Å². The zero-order chi connectivity index (χ0) is 51.7. The van der Waals surface area contributed by atoms with Gasteiger partial charge in [0.25, 0.3) is 0 Å². The molecule has 15 nitrogen and oxygen atoms in total. The number of rotatable bonds is 49. The number of ether oxygens (including phenoxy) is 2. The number of phosphoric acid groups is 2. The molecule has 0 aliphatic carbocycles. The molecule has 0 rings (SSSR count). The first-order valence-electron chi connectivity index (χ1n) is 26.0. The van der Waals surface area contributed by atoms with E-state index in [0.717, 1.165) is 44.9 Å². The molecule has 0 heterocycles. The molecule has 404 valence electrons. The van der Waals surface area contributed by atoms with E-state index in [4.69, 9.17) is 14.0 Å². The Bertz CT molecular complexity index is 1570. The summed E-state index contributed by atoms with van der Waals surface area (Å²) in [5, 5.41) is 30.1. The molecule has 5 atom stereocenters. The van der Waals surface area contributed by atoms with Crippen LogP contribution in [-0.2, 0) is 46.3 Å². The number of carbonyl (C=O) groups excluding carboxylic acids is 2. The van der Waals surface area contributed by atoms with Gasteiger partial charge in [-0.2, -0.15) is 0 Å². The van der Waals surface area contributed by atoms with Gasteiger partial charge < -0.3 is 34.6 Å². The van der Waals surface area contributed by atoms with Crippen LogP contribution in [0.15, 0.2) is 85.1 Å². The number of esters is 2. The summed E-state index contributed by atoms with van der Waals surface area (Å²) in [7, 11) is -9.60. The van der Waals surface area contributed by atoms with Crippen LogP contribution in [0.25, 0.3) is 0 Å². The lowest BCUT2D eigenvalue weighted by Gasteiger charge is -2.19. The number of aliphatic hydroxyl groups is 3. The number of aliphatic hydroxyl groups excluding tert-OH is 3. The van der Waals surface area contributed by atoms with Crippen LogP contribution in [0.3, 0.4) is 0 Å². The number of allylic oxidation sites excluding steroid dienone is 14. The molecular weight excluding hydrogens is 939 g/mol. The smallest absolute Gasteiger partial charge is 0.463 e. The Morgan fingerprint density at radius 1 is 0.386 bits per heavy atom. The monoisotopic (exact) mass is 1030 g/mol.